The van der Waals surface area contributed by atoms with Gasteiger partial charge in [0.25, 0.3) is 0 Å². The molecule has 3 aromatic rings. The number of nitrogens with one attached hydrogen (secondary N) is 1. The van der Waals surface area contributed by atoms with E-state index in [9.17, 15) is 4.79 Å². The van der Waals surface area contributed by atoms with Crippen LogP contribution in [0.4, 0.5) is 0 Å². The van der Waals surface area contributed by atoms with Gasteiger partial charge in [0, 0.05) is 29.7 Å². The number of aromatic nitrogens is 3. The van der Waals surface area contributed by atoms with E-state index in [0.717, 1.165) is 55.7 Å². The van der Waals surface area contributed by atoms with Crippen LogP contribution in [-0.4, -0.2) is 32.1 Å². The molecule has 0 saturated carbocycles. The molecule has 1 aliphatic carbocycles. The van der Waals surface area contributed by atoms with Crippen LogP contribution in [0.3, 0.4) is 0 Å². The van der Waals surface area contributed by atoms with Crippen molar-refractivity contribution in [1.29, 1.82) is 5.26 Å². The molecule has 0 saturated heterocycles. The summed E-state index contributed by atoms with van der Waals surface area (Å²) in [5, 5.41) is 14.7. The highest BCUT2D eigenvalue weighted by molar-refractivity contribution is 5.90. The van der Waals surface area contributed by atoms with Crippen LogP contribution in [0.1, 0.15) is 47.8 Å². The van der Waals surface area contributed by atoms with E-state index in [1.165, 1.54) is 10.9 Å². The molecule has 1 aliphatic heterocycles. The van der Waals surface area contributed by atoms with Crippen molar-refractivity contribution in [2.75, 3.05) is 6.54 Å². The second-order valence-corrected chi connectivity index (χ2v) is 7.48. The SMILES string of the molecule is N#Cc1cc2n(n1)CCCN(C(=O)[C@@H]1CCCc3c1[nH]c1ccccc31)C2. The molecule has 6 nitrogen and oxygen atoms in total. The van der Waals surface area contributed by atoms with Gasteiger partial charge in [0.15, 0.2) is 5.69 Å². The van der Waals surface area contributed by atoms with E-state index in [4.69, 9.17) is 5.26 Å². The molecular formula is C21H21N5O. The number of carbonyl (C=O) groups is 1. The maximum atomic E-state index is 13.4. The van der Waals surface area contributed by atoms with Gasteiger partial charge in [0.05, 0.1) is 18.2 Å². The number of nitriles is 1. The van der Waals surface area contributed by atoms with Gasteiger partial charge in [-0.3, -0.25) is 9.48 Å². The summed E-state index contributed by atoms with van der Waals surface area (Å²) in [6.07, 6.45) is 3.81. The summed E-state index contributed by atoms with van der Waals surface area (Å²) in [6.45, 7) is 2.01. The fourth-order valence-electron chi connectivity index (χ4n) is 4.59. The van der Waals surface area contributed by atoms with E-state index in [1.54, 1.807) is 6.07 Å². The second-order valence-electron chi connectivity index (χ2n) is 7.48. The zero-order chi connectivity index (χ0) is 18.4. The number of aryl methyl sites for hydroxylation is 2. The Morgan fingerprint density at radius 2 is 2.15 bits per heavy atom. The van der Waals surface area contributed by atoms with Crippen molar-refractivity contribution < 1.29 is 4.79 Å². The Balaban J connectivity index is 1.47. The zero-order valence-corrected chi connectivity index (χ0v) is 15.1. The standard InChI is InChI=1S/C21H21N5O/c22-12-14-11-15-13-25(9-4-10-26(15)24-14)21(27)18-7-3-6-17-16-5-1-2-8-19(16)23-20(17)18/h1-2,5,8,11,18,23H,3-4,6-7,9-10,13H2/t18-/m1/s1. The van der Waals surface area contributed by atoms with Gasteiger partial charge in [-0.15, -0.1) is 0 Å². The first-order chi connectivity index (χ1) is 13.2. The Morgan fingerprint density at radius 3 is 3.04 bits per heavy atom. The molecule has 136 valence electrons. The fourth-order valence-corrected chi connectivity index (χ4v) is 4.59. The number of hydrogen-bond acceptors (Lipinski definition) is 3. The third-order valence-corrected chi connectivity index (χ3v) is 5.85. The van der Waals surface area contributed by atoms with Gasteiger partial charge in [0.1, 0.15) is 6.07 Å². The molecular weight excluding hydrogens is 338 g/mol. The second kappa shape index (κ2) is 6.27. The Bertz CT molecular complexity index is 1070. The smallest absolute Gasteiger partial charge is 0.231 e. The molecule has 3 heterocycles. The largest absolute Gasteiger partial charge is 0.357 e. The van der Waals surface area contributed by atoms with E-state index in [1.807, 2.05) is 15.6 Å². The number of amides is 1. The van der Waals surface area contributed by atoms with Crippen LogP contribution in [0, 0.1) is 11.3 Å². The molecule has 1 amide bonds. The van der Waals surface area contributed by atoms with E-state index >= 15 is 0 Å². The summed E-state index contributed by atoms with van der Waals surface area (Å²) in [4.78, 5) is 18.9. The highest BCUT2D eigenvalue weighted by Crippen LogP contribution is 2.37. The molecule has 0 bridgehead atoms. The van der Waals surface area contributed by atoms with E-state index in [2.05, 4.69) is 34.4 Å². The lowest BCUT2D eigenvalue weighted by molar-refractivity contribution is -0.133. The lowest BCUT2D eigenvalue weighted by Gasteiger charge is -2.28. The molecule has 2 aliphatic rings. The van der Waals surface area contributed by atoms with Crippen LogP contribution in [0.5, 0.6) is 0 Å². The number of rotatable bonds is 1. The number of H-pyrrole nitrogens is 1. The number of nitrogens with zero attached hydrogens (tertiary/aromatic N) is 4. The quantitative estimate of drug-likeness (QED) is 0.725. The molecule has 27 heavy (non-hydrogen) atoms. The molecule has 0 spiro atoms. The van der Waals surface area contributed by atoms with Crippen LogP contribution >= 0.6 is 0 Å². The fraction of sp³-hybridized carbons (Fsp3) is 0.381. The molecule has 6 heteroatoms. The van der Waals surface area contributed by atoms with Crippen LogP contribution in [0.25, 0.3) is 10.9 Å². The summed E-state index contributed by atoms with van der Waals surface area (Å²) in [5.74, 6) is 0.0849. The highest BCUT2D eigenvalue weighted by Gasteiger charge is 2.33. The molecule has 1 N–H and O–H groups in total. The van der Waals surface area contributed by atoms with Crippen LogP contribution in [0.2, 0.25) is 0 Å². The Kier molecular flexibility index (Phi) is 3.75. The third kappa shape index (κ3) is 2.62. The normalized spacial score (nSPS) is 19.2. The summed E-state index contributed by atoms with van der Waals surface area (Å²) in [7, 11) is 0. The first-order valence-electron chi connectivity index (χ1n) is 9.59. The average molecular weight is 359 g/mol. The Morgan fingerprint density at radius 1 is 1.26 bits per heavy atom. The van der Waals surface area contributed by atoms with Crippen molar-refractivity contribution in [2.45, 2.75) is 44.7 Å². The first-order valence-corrected chi connectivity index (χ1v) is 9.59. The monoisotopic (exact) mass is 359 g/mol. The molecule has 2 aromatic heterocycles. The molecule has 0 radical (unpaired) electrons. The maximum absolute atomic E-state index is 13.4. The van der Waals surface area contributed by atoms with Crippen molar-refractivity contribution in [1.82, 2.24) is 19.7 Å². The molecule has 1 aromatic carbocycles. The first kappa shape index (κ1) is 16.1. The lowest BCUT2D eigenvalue weighted by Crippen LogP contribution is -2.36. The minimum atomic E-state index is -0.106. The lowest BCUT2D eigenvalue weighted by atomic mass is 9.85. The number of para-hydroxylation sites is 1. The number of aromatic amines is 1. The Labute approximate surface area is 157 Å². The van der Waals surface area contributed by atoms with Gasteiger partial charge in [-0.25, -0.2) is 0 Å². The third-order valence-electron chi connectivity index (χ3n) is 5.85. The maximum Gasteiger partial charge on any atom is 0.231 e. The van der Waals surface area contributed by atoms with Gasteiger partial charge in [-0.05, 0) is 43.4 Å². The summed E-state index contributed by atoms with van der Waals surface area (Å²) in [6, 6.07) is 12.2. The van der Waals surface area contributed by atoms with Crippen molar-refractivity contribution in [3.63, 3.8) is 0 Å². The minimum absolute atomic E-state index is 0.106. The minimum Gasteiger partial charge on any atom is -0.357 e. The van der Waals surface area contributed by atoms with Crippen LogP contribution < -0.4 is 0 Å². The Hall–Kier alpha value is -3.07. The molecule has 0 fully saturated rings. The van der Waals surface area contributed by atoms with E-state index in [-0.39, 0.29) is 11.8 Å². The number of benzene rings is 1. The predicted molar refractivity (Wildman–Crippen MR) is 101 cm³/mol. The van der Waals surface area contributed by atoms with Gasteiger partial charge >= 0.3 is 0 Å². The molecule has 1 atom stereocenters. The van der Waals surface area contributed by atoms with Gasteiger partial charge < -0.3 is 9.88 Å². The highest BCUT2D eigenvalue weighted by atomic mass is 16.2. The summed E-state index contributed by atoms with van der Waals surface area (Å²) < 4.78 is 1.88. The number of carbonyl (C=O) groups excluding carboxylic acids is 1. The zero-order valence-electron chi connectivity index (χ0n) is 15.1. The van der Waals surface area contributed by atoms with Crippen molar-refractivity contribution in [3.05, 3.63) is 53.0 Å². The van der Waals surface area contributed by atoms with Gasteiger partial charge in [-0.2, -0.15) is 10.4 Å². The van der Waals surface area contributed by atoms with Crippen LogP contribution in [0.15, 0.2) is 30.3 Å². The van der Waals surface area contributed by atoms with Crippen molar-refractivity contribution in [2.24, 2.45) is 0 Å². The van der Waals surface area contributed by atoms with E-state index < -0.39 is 0 Å². The topological polar surface area (TPSA) is 77.7 Å². The molecule has 0 unspecified atom stereocenters. The summed E-state index contributed by atoms with van der Waals surface area (Å²) in [5.41, 5.74) is 4.90. The van der Waals surface area contributed by atoms with Gasteiger partial charge in [0.2, 0.25) is 5.91 Å². The summed E-state index contributed by atoms with van der Waals surface area (Å²) >= 11 is 0. The average Bonchev–Trinajstić information content (AvgIpc) is 3.21. The number of hydrogen-bond donors (Lipinski definition) is 1. The molecule has 5 rings (SSSR count). The predicted octanol–water partition coefficient (Wildman–Crippen LogP) is 3.09. The van der Waals surface area contributed by atoms with Crippen LogP contribution in [-0.2, 0) is 24.3 Å². The van der Waals surface area contributed by atoms with Crippen molar-refractivity contribution >= 4 is 16.8 Å². The van der Waals surface area contributed by atoms with E-state index in [0.29, 0.717) is 12.2 Å². The van der Waals surface area contributed by atoms with Crippen molar-refractivity contribution in [3.8, 4) is 6.07 Å². The number of fused-ring (bicyclic) bond motifs is 4. The van der Waals surface area contributed by atoms with Gasteiger partial charge in [-0.1, -0.05) is 18.2 Å².